The van der Waals surface area contributed by atoms with Crippen LogP contribution in [0.2, 0.25) is 0 Å². The monoisotopic (exact) mass is 203 g/mol. The summed E-state index contributed by atoms with van der Waals surface area (Å²) in [5.41, 5.74) is 0. The first-order chi connectivity index (χ1) is 6.15. The van der Waals surface area contributed by atoms with Gasteiger partial charge in [-0.1, -0.05) is 0 Å². The molecule has 0 aromatic carbocycles. The van der Waals surface area contributed by atoms with Crippen LogP contribution >= 0.6 is 11.6 Å². The molecule has 0 saturated carbocycles. The third kappa shape index (κ3) is 2.69. The molecule has 3 nitrogen and oxygen atoms in total. The number of alkyl halides is 1. The molecule has 1 aliphatic rings. The average molecular weight is 204 g/mol. The number of rotatable bonds is 3. The number of hydrogen-bond donors (Lipinski definition) is 0. The predicted octanol–water partition coefficient (Wildman–Crippen LogP) is 1.20. The van der Waals surface area contributed by atoms with Gasteiger partial charge in [-0.15, -0.1) is 11.6 Å². The lowest BCUT2D eigenvalue weighted by atomic mass is 10.1. The lowest BCUT2D eigenvalue weighted by molar-refractivity contribution is -0.130. The Morgan fingerprint density at radius 3 is 2.77 bits per heavy atom. The van der Waals surface area contributed by atoms with Gasteiger partial charge in [-0.05, 0) is 12.8 Å². The van der Waals surface area contributed by atoms with Gasteiger partial charge in [-0.3, -0.25) is 9.59 Å². The Morgan fingerprint density at radius 2 is 2.23 bits per heavy atom. The summed E-state index contributed by atoms with van der Waals surface area (Å²) in [4.78, 5) is 23.9. The lowest BCUT2D eigenvalue weighted by Gasteiger charge is -2.22. The van der Waals surface area contributed by atoms with E-state index in [1.807, 2.05) is 0 Å². The summed E-state index contributed by atoms with van der Waals surface area (Å²) < 4.78 is 0. The van der Waals surface area contributed by atoms with Crippen molar-refractivity contribution in [3.8, 4) is 0 Å². The molecule has 1 unspecified atom stereocenters. The van der Waals surface area contributed by atoms with Crippen LogP contribution in [0.4, 0.5) is 0 Å². The van der Waals surface area contributed by atoms with Gasteiger partial charge < -0.3 is 4.90 Å². The van der Waals surface area contributed by atoms with Crippen LogP contribution in [-0.2, 0) is 9.59 Å². The third-order valence-electron chi connectivity index (χ3n) is 2.39. The maximum absolute atomic E-state index is 11.1. The zero-order chi connectivity index (χ0) is 9.84. The minimum absolute atomic E-state index is 0.0276. The number of nitrogens with zero attached hydrogens (tertiary/aromatic N) is 1. The van der Waals surface area contributed by atoms with E-state index < -0.39 is 0 Å². The van der Waals surface area contributed by atoms with E-state index in [2.05, 4.69) is 0 Å². The fourth-order valence-corrected chi connectivity index (χ4v) is 1.89. The zero-order valence-corrected chi connectivity index (χ0v) is 8.51. The van der Waals surface area contributed by atoms with Crippen LogP contribution < -0.4 is 0 Å². The van der Waals surface area contributed by atoms with Gasteiger partial charge >= 0.3 is 0 Å². The molecule has 0 aromatic rings. The van der Waals surface area contributed by atoms with Crippen LogP contribution in [-0.4, -0.2) is 35.1 Å². The fourth-order valence-electron chi connectivity index (χ4n) is 1.78. The SMILES string of the molecule is CC(=O)N1CCCC1CC(=O)CCl. The maximum atomic E-state index is 11.1. The summed E-state index contributed by atoms with van der Waals surface area (Å²) >= 11 is 5.40. The Hall–Kier alpha value is -0.570. The second-order valence-corrected chi connectivity index (χ2v) is 3.65. The van der Waals surface area contributed by atoms with Gasteiger partial charge in [0, 0.05) is 25.9 Å². The minimum atomic E-state index is 0.0276. The van der Waals surface area contributed by atoms with E-state index in [0.717, 1.165) is 19.4 Å². The first kappa shape index (κ1) is 10.5. The van der Waals surface area contributed by atoms with Crippen molar-refractivity contribution >= 4 is 23.3 Å². The van der Waals surface area contributed by atoms with Gasteiger partial charge in [0.15, 0.2) is 0 Å². The molecule has 1 heterocycles. The van der Waals surface area contributed by atoms with Crippen LogP contribution in [0.15, 0.2) is 0 Å². The summed E-state index contributed by atoms with van der Waals surface area (Å²) in [5, 5.41) is 0. The van der Waals surface area contributed by atoms with E-state index in [4.69, 9.17) is 11.6 Å². The van der Waals surface area contributed by atoms with Crippen LogP contribution in [0.3, 0.4) is 0 Å². The van der Waals surface area contributed by atoms with Crippen LogP contribution in [0.25, 0.3) is 0 Å². The van der Waals surface area contributed by atoms with Crippen molar-refractivity contribution in [1.82, 2.24) is 4.90 Å². The lowest BCUT2D eigenvalue weighted by Crippen LogP contribution is -2.35. The van der Waals surface area contributed by atoms with Crippen molar-refractivity contribution in [1.29, 1.82) is 0 Å². The third-order valence-corrected chi connectivity index (χ3v) is 2.69. The Balaban J connectivity index is 2.48. The number of carbonyl (C=O) groups is 2. The Labute approximate surface area is 83.0 Å². The molecule has 1 fully saturated rings. The molecular formula is C9H14ClNO2. The predicted molar refractivity (Wildman–Crippen MR) is 50.8 cm³/mol. The highest BCUT2D eigenvalue weighted by Crippen LogP contribution is 2.20. The van der Waals surface area contributed by atoms with E-state index in [0.29, 0.717) is 6.42 Å². The average Bonchev–Trinajstić information content (AvgIpc) is 2.52. The molecule has 0 aliphatic carbocycles. The Kier molecular flexibility index (Phi) is 3.72. The number of halogens is 1. The standard InChI is InChI=1S/C9H14ClNO2/c1-7(12)11-4-2-3-8(11)5-9(13)6-10/h8H,2-6H2,1H3. The number of carbonyl (C=O) groups excluding carboxylic acids is 2. The summed E-state index contributed by atoms with van der Waals surface area (Å²) in [7, 11) is 0. The molecule has 1 amide bonds. The highest BCUT2D eigenvalue weighted by Gasteiger charge is 2.27. The van der Waals surface area contributed by atoms with Gasteiger partial charge in [0.25, 0.3) is 0 Å². The van der Waals surface area contributed by atoms with E-state index in [-0.39, 0.29) is 23.6 Å². The molecule has 1 atom stereocenters. The first-order valence-corrected chi connectivity index (χ1v) is 5.03. The number of Topliss-reactive ketones (excluding diaryl/α,β-unsaturated/α-hetero) is 1. The fraction of sp³-hybridized carbons (Fsp3) is 0.778. The second-order valence-electron chi connectivity index (χ2n) is 3.38. The zero-order valence-electron chi connectivity index (χ0n) is 7.75. The topological polar surface area (TPSA) is 37.4 Å². The van der Waals surface area contributed by atoms with E-state index in [1.54, 1.807) is 11.8 Å². The van der Waals surface area contributed by atoms with Gasteiger partial charge in [0.1, 0.15) is 5.78 Å². The van der Waals surface area contributed by atoms with Gasteiger partial charge in [0.2, 0.25) is 5.91 Å². The number of amides is 1. The molecule has 13 heavy (non-hydrogen) atoms. The summed E-state index contributed by atoms with van der Waals surface area (Å²) in [5.74, 6) is 0.145. The van der Waals surface area contributed by atoms with E-state index >= 15 is 0 Å². The van der Waals surface area contributed by atoms with Crippen molar-refractivity contribution in [3.05, 3.63) is 0 Å². The van der Waals surface area contributed by atoms with Gasteiger partial charge in [-0.2, -0.15) is 0 Å². The molecule has 1 aliphatic heterocycles. The molecule has 74 valence electrons. The molecule has 0 aromatic heterocycles. The van der Waals surface area contributed by atoms with E-state index in [9.17, 15) is 9.59 Å². The van der Waals surface area contributed by atoms with E-state index in [1.165, 1.54) is 0 Å². The highest BCUT2D eigenvalue weighted by molar-refractivity contribution is 6.27. The normalized spacial score (nSPS) is 22.0. The number of likely N-dealkylation sites (tertiary alicyclic amines) is 1. The van der Waals surface area contributed by atoms with Crippen molar-refractivity contribution < 1.29 is 9.59 Å². The first-order valence-electron chi connectivity index (χ1n) is 4.50. The molecule has 1 saturated heterocycles. The van der Waals surface area contributed by atoms with Crippen molar-refractivity contribution in [3.63, 3.8) is 0 Å². The highest BCUT2D eigenvalue weighted by atomic mass is 35.5. The van der Waals surface area contributed by atoms with Crippen LogP contribution in [0.1, 0.15) is 26.2 Å². The molecule has 0 bridgehead atoms. The molecule has 0 spiro atoms. The quantitative estimate of drug-likeness (QED) is 0.647. The summed E-state index contributed by atoms with van der Waals surface area (Å²) in [6.07, 6.45) is 2.35. The largest absolute Gasteiger partial charge is 0.340 e. The van der Waals surface area contributed by atoms with Crippen molar-refractivity contribution in [2.75, 3.05) is 12.4 Å². The Bertz CT molecular complexity index is 218. The number of ketones is 1. The molecule has 0 N–H and O–H groups in total. The van der Waals surface area contributed by atoms with Crippen LogP contribution in [0.5, 0.6) is 0 Å². The van der Waals surface area contributed by atoms with Gasteiger partial charge in [0.05, 0.1) is 5.88 Å². The molecular weight excluding hydrogens is 190 g/mol. The minimum Gasteiger partial charge on any atom is -0.340 e. The molecule has 4 heteroatoms. The second kappa shape index (κ2) is 4.61. The maximum Gasteiger partial charge on any atom is 0.219 e. The number of hydrogen-bond acceptors (Lipinski definition) is 2. The van der Waals surface area contributed by atoms with Crippen molar-refractivity contribution in [2.24, 2.45) is 0 Å². The molecule has 1 rings (SSSR count). The Morgan fingerprint density at radius 1 is 1.54 bits per heavy atom. The van der Waals surface area contributed by atoms with Gasteiger partial charge in [-0.25, -0.2) is 0 Å². The summed E-state index contributed by atoms with van der Waals surface area (Å²) in [6.45, 7) is 2.33. The summed E-state index contributed by atoms with van der Waals surface area (Å²) in [6, 6.07) is 0.101. The molecule has 0 radical (unpaired) electrons. The van der Waals surface area contributed by atoms with Crippen LogP contribution in [0, 0.1) is 0 Å². The van der Waals surface area contributed by atoms with Crippen molar-refractivity contribution in [2.45, 2.75) is 32.2 Å². The smallest absolute Gasteiger partial charge is 0.219 e.